The number of hydrogen-bond acceptors (Lipinski definition) is 15. The lowest BCUT2D eigenvalue weighted by Gasteiger charge is -2.44. The summed E-state index contributed by atoms with van der Waals surface area (Å²) in [6.45, 7) is -0.333. The summed E-state index contributed by atoms with van der Waals surface area (Å²) in [5.74, 6) is -5.07. The highest BCUT2D eigenvalue weighted by atomic mass is 16.8. The minimum atomic E-state index is -2.42. The molecule has 2 aliphatic heterocycles. The van der Waals surface area contributed by atoms with Gasteiger partial charge >= 0.3 is 17.9 Å². The first-order valence-corrected chi connectivity index (χ1v) is 12.2. The van der Waals surface area contributed by atoms with Gasteiger partial charge in [-0.15, -0.1) is 0 Å². The van der Waals surface area contributed by atoms with Crippen molar-refractivity contribution in [1.29, 1.82) is 0 Å². The van der Waals surface area contributed by atoms with Gasteiger partial charge in [-0.25, -0.2) is 4.79 Å². The molecule has 2 aliphatic rings. The SMILES string of the molecule is CC(=O)OC[C@H]1O[C@H](O[C@]2(CO)O[C@H](CO)[C@@H](O)[C@@H]2OC(=O)/C=C/c2ccc(O)cc2)[C@H](OC(C)=O)[C@@H](O)[C@@H]1O. The molecule has 40 heavy (non-hydrogen) atoms. The third-order valence-electron chi connectivity index (χ3n) is 6.14. The van der Waals surface area contributed by atoms with E-state index >= 15 is 0 Å². The van der Waals surface area contributed by atoms with Crippen LogP contribution >= 0.6 is 0 Å². The fraction of sp³-hybridized carbons (Fsp3) is 0.560. The van der Waals surface area contributed by atoms with Gasteiger partial charge in [0.1, 0.15) is 49.5 Å². The normalized spacial score (nSPS) is 34.0. The summed E-state index contributed by atoms with van der Waals surface area (Å²) in [7, 11) is 0. The molecule has 0 amide bonds. The van der Waals surface area contributed by atoms with E-state index in [-0.39, 0.29) is 5.75 Å². The number of rotatable bonds is 10. The standard InChI is InChI=1S/C25H32O15/c1-12(28)35-10-17-19(32)21(34)22(36-13(2)29)24(37-17)40-25(11-27)23(20(33)16(9-26)39-25)38-18(31)8-5-14-3-6-15(30)7-4-14/h3-8,16-17,19-24,26-27,30,32-34H,9-11H2,1-2H3/b8-5+/t16-,17-,19-,20-,21+,22-,23+,24-,25+/m1/s1. The van der Waals surface area contributed by atoms with Gasteiger partial charge in [-0.05, 0) is 23.8 Å². The minimum Gasteiger partial charge on any atom is -0.508 e. The van der Waals surface area contributed by atoms with Gasteiger partial charge in [0.25, 0.3) is 0 Å². The molecular formula is C25H32O15. The summed E-state index contributed by atoms with van der Waals surface area (Å²) in [5, 5.41) is 61.2. The molecule has 2 saturated heterocycles. The van der Waals surface area contributed by atoms with Crippen molar-refractivity contribution in [1.82, 2.24) is 0 Å². The molecule has 2 fully saturated rings. The zero-order chi connectivity index (χ0) is 29.6. The van der Waals surface area contributed by atoms with Gasteiger partial charge in [0.15, 0.2) is 12.2 Å². The van der Waals surface area contributed by atoms with Crippen LogP contribution in [0.1, 0.15) is 19.4 Å². The lowest BCUT2D eigenvalue weighted by molar-refractivity contribution is -0.383. The molecule has 0 unspecified atom stereocenters. The molecule has 9 atom stereocenters. The molecule has 222 valence electrons. The van der Waals surface area contributed by atoms with Crippen molar-refractivity contribution < 1.29 is 73.4 Å². The highest BCUT2D eigenvalue weighted by Gasteiger charge is 2.61. The van der Waals surface area contributed by atoms with Crippen LogP contribution in [0.4, 0.5) is 0 Å². The second kappa shape index (κ2) is 13.5. The van der Waals surface area contributed by atoms with E-state index in [9.17, 15) is 45.0 Å². The zero-order valence-corrected chi connectivity index (χ0v) is 21.6. The highest BCUT2D eigenvalue weighted by Crippen LogP contribution is 2.38. The van der Waals surface area contributed by atoms with Gasteiger partial charge in [0.2, 0.25) is 12.1 Å². The van der Waals surface area contributed by atoms with E-state index in [2.05, 4.69) is 0 Å². The first-order chi connectivity index (χ1) is 18.9. The van der Waals surface area contributed by atoms with E-state index < -0.39 is 92.5 Å². The maximum absolute atomic E-state index is 12.6. The Labute approximate surface area is 228 Å². The maximum Gasteiger partial charge on any atom is 0.331 e. The molecule has 0 bridgehead atoms. The van der Waals surface area contributed by atoms with Crippen molar-refractivity contribution in [2.75, 3.05) is 19.8 Å². The Hall–Kier alpha value is -3.15. The van der Waals surface area contributed by atoms with Gasteiger partial charge < -0.3 is 59.1 Å². The highest BCUT2D eigenvalue weighted by molar-refractivity contribution is 5.87. The molecule has 0 aliphatic carbocycles. The molecule has 1 aromatic carbocycles. The maximum atomic E-state index is 12.6. The number of phenols is 1. The average Bonchev–Trinajstić information content (AvgIpc) is 3.17. The predicted octanol–water partition coefficient (Wildman–Crippen LogP) is -2.28. The molecule has 6 N–H and O–H groups in total. The van der Waals surface area contributed by atoms with Crippen molar-refractivity contribution in [2.45, 2.75) is 68.7 Å². The number of esters is 3. The van der Waals surface area contributed by atoms with Crippen LogP contribution in [0.2, 0.25) is 0 Å². The van der Waals surface area contributed by atoms with Gasteiger partial charge in [-0.3, -0.25) is 9.59 Å². The largest absolute Gasteiger partial charge is 0.508 e. The lowest BCUT2D eigenvalue weighted by Crippen LogP contribution is -2.64. The van der Waals surface area contributed by atoms with E-state index in [4.69, 9.17) is 28.4 Å². The van der Waals surface area contributed by atoms with Gasteiger partial charge in [0, 0.05) is 19.9 Å². The van der Waals surface area contributed by atoms with E-state index in [0.717, 1.165) is 19.9 Å². The molecular weight excluding hydrogens is 540 g/mol. The predicted molar refractivity (Wildman–Crippen MR) is 129 cm³/mol. The third kappa shape index (κ3) is 7.32. The summed E-state index contributed by atoms with van der Waals surface area (Å²) in [5.41, 5.74) is 0.516. The van der Waals surface area contributed by atoms with Crippen LogP contribution < -0.4 is 0 Å². The van der Waals surface area contributed by atoms with E-state index in [1.165, 1.54) is 30.3 Å². The summed E-state index contributed by atoms with van der Waals surface area (Å²) < 4.78 is 32.1. The van der Waals surface area contributed by atoms with Crippen molar-refractivity contribution in [3.05, 3.63) is 35.9 Å². The smallest absolute Gasteiger partial charge is 0.331 e. The molecule has 2 heterocycles. The second-order valence-electron chi connectivity index (χ2n) is 9.10. The van der Waals surface area contributed by atoms with Crippen LogP contribution in [0.15, 0.2) is 30.3 Å². The molecule has 15 heteroatoms. The Bertz CT molecular complexity index is 1060. The number of hydrogen-bond donors (Lipinski definition) is 6. The van der Waals surface area contributed by atoms with Crippen LogP contribution in [0.5, 0.6) is 5.75 Å². The van der Waals surface area contributed by atoms with Crippen molar-refractivity contribution in [3.8, 4) is 5.75 Å². The Balaban J connectivity index is 1.88. The third-order valence-corrected chi connectivity index (χ3v) is 6.14. The minimum absolute atomic E-state index is 0.00981. The summed E-state index contributed by atoms with van der Waals surface area (Å²) in [4.78, 5) is 35.6. The number of benzene rings is 1. The Kier molecular flexibility index (Phi) is 10.6. The molecule has 3 rings (SSSR count). The Morgan fingerprint density at radius 1 is 0.950 bits per heavy atom. The topological polar surface area (TPSA) is 228 Å². The molecule has 0 radical (unpaired) electrons. The summed E-state index contributed by atoms with van der Waals surface area (Å²) >= 11 is 0. The number of ether oxygens (including phenoxy) is 6. The first-order valence-electron chi connectivity index (χ1n) is 12.2. The number of carbonyl (C=O) groups excluding carboxylic acids is 3. The first kappa shape index (κ1) is 31.4. The number of carbonyl (C=O) groups is 3. The number of phenolic OH excluding ortho intramolecular Hbond substituents is 1. The van der Waals surface area contributed by atoms with E-state index in [1.54, 1.807) is 0 Å². The van der Waals surface area contributed by atoms with Crippen LogP contribution in [0.25, 0.3) is 6.08 Å². The van der Waals surface area contributed by atoms with Gasteiger partial charge in [-0.2, -0.15) is 0 Å². The quantitative estimate of drug-likeness (QED) is 0.0985. The molecule has 0 aromatic heterocycles. The molecule has 0 spiro atoms. The fourth-order valence-electron chi connectivity index (χ4n) is 4.18. The summed E-state index contributed by atoms with van der Waals surface area (Å²) in [6.07, 6.45) is -11.1. The van der Waals surface area contributed by atoms with Crippen molar-refractivity contribution in [3.63, 3.8) is 0 Å². The second-order valence-corrected chi connectivity index (χ2v) is 9.10. The molecule has 15 nitrogen and oxygen atoms in total. The lowest BCUT2D eigenvalue weighted by atomic mass is 9.98. The average molecular weight is 573 g/mol. The number of aliphatic hydroxyl groups is 5. The van der Waals surface area contributed by atoms with Gasteiger partial charge in [0.05, 0.1) is 6.61 Å². The fourth-order valence-corrected chi connectivity index (χ4v) is 4.18. The van der Waals surface area contributed by atoms with E-state index in [0.29, 0.717) is 5.56 Å². The Morgan fingerprint density at radius 3 is 2.20 bits per heavy atom. The van der Waals surface area contributed by atoms with Crippen LogP contribution in [-0.4, -0.2) is 123 Å². The van der Waals surface area contributed by atoms with Crippen LogP contribution in [0.3, 0.4) is 0 Å². The van der Waals surface area contributed by atoms with E-state index in [1.807, 2.05) is 0 Å². The Morgan fingerprint density at radius 2 is 1.62 bits per heavy atom. The van der Waals surface area contributed by atoms with Gasteiger partial charge in [-0.1, -0.05) is 12.1 Å². The van der Waals surface area contributed by atoms with Crippen LogP contribution in [-0.2, 0) is 42.8 Å². The number of aliphatic hydroxyl groups excluding tert-OH is 5. The monoisotopic (exact) mass is 572 g/mol. The number of aromatic hydroxyl groups is 1. The van der Waals surface area contributed by atoms with Crippen molar-refractivity contribution >= 4 is 24.0 Å². The van der Waals surface area contributed by atoms with Crippen molar-refractivity contribution in [2.24, 2.45) is 0 Å². The molecule has 0 saturated carbocycles. The molecule has 1 aromatic rings. The summed E-state index contributed by atoms with van der Waals surface area (Å²) in [6, 6.07) is 5.80. The zero-order valence-electron chi connectivity index (χ0n) is 21.6. The van der Waals surface area contributed by atoms with Crippen LogP contribution in [0, 0.1) is 0 Å².